The van der Waals surface area contributed by atoms with E-state index in [2.05, 4.69) is 20.2 Å². The number of rotatable bonds is 2. The van der Waals surface area contributed by atoms with Gasteiger partial charge in [-0.3, -0.25) is 5.10 Å². The number of halogens is 1. The maximum absolute atomic E-state index is 13.2. The molecule has 0 aliphatic heterocycles. The van der Waals surface area contributed by atoms with Gasteiger partial charge in [-0.1, -0.05) is 17.4 Å². The molecule has 0 saturated carbocycles. The third-order valence-corrected chi connectivity index (χ3v) is 3.27. The highest BCUT2D eigenvalue weighted by Crippen LogP contribution is 2.36. The zero-order valence-corrected chi connectivity index (χ0v) is 9.91. The zero-order chi connectivity index (χ0) is 12.5. The highest BCUT2D eigenvalue weighted by atomic mass is 32.1. The van der Waals surface area contributed by atoms with Crippen LogP contribution in [0, 0.1) is 5.95 Å². The number of anilines is 1. The van der Waals surface area contributed by atoms with Crippen LogP contribution >= 0.6 is 11.3 Å². The Morgan fingerprint density at radius 3 is 2.89 bits per heavy atom. The number of nitrogens with two attached hydrogens (primary N) is 1. The number of pyridine rings is 1. The van der Waals surface area contributed by atoms with Crippen LogP contribution in [0.5, 0.6) is 0 Å². The van der Waals surface area contributed by atoms with E-state index in [0.717, 1.165) is 10.4 Å². The lowest BCUT2D eigenvalue weighted by molar-refractivity contribution is 0.585. The van der Waals surface area contributed by atoms with Crippen molar-refractivity contribution in [1.82, 2.24) is 20.2 Å². The fourth-order valence-corrected chi connectivity index (χ4v) is 2.45. The number of hydrogen-bond donors (Lipinski definition) is 2. The third-order valence-electron chi connectivity index (χ3n) is 2.36. The van der Waals surface area contributed by atoms with Crippen LogP contribution in [-0.2, 0) is 0 Å². The zero-order valence-electron chi connectivity index (χ0n) is 9.09. The number of aromatic amines is 1. The Morgan fingerprint density at radius 1 is 1.28 bits per heavy atom. The Kier molecular flexibility index (Phi) is 2.52. The molecule has 0 atom stereocenters. The Morgan fingerprint density at radius 2 is 2.17 bits per heavy atom. The molecule has 7 heteroatoms. The number of nitrogens with one attached hydrogen (secondary N) is 1. The van der Waals surface area contributed by atoms with Gasteiger partial charge in [-0.2, -0.15) is 9.49 Å². The molecular formula is C11H8FN5S. The van der Waals surface area contributed by atoms with Crippen LogP contribution < -0.4 is 5.73 Å². The molecule has 5 nitrogen and oxygen atoms in total. The quantitative estimate of drug-likeness (QED) is 0.694. The summed E-state index contributed by atoms with van der Waals surface area (Å²) in [6.07, 6.45) is 3.34. The Labute approximate surface area is 106 Å². The molecule has 0 bridgehead atoms. The van der Waals surface area contributed by atoms with Gasteiger partial charge in [-0.15, -0.1) is 0 Å². The van der Waals surface area contributed by atoms with Crippen LogP contribution in [0.15, 0.2) is 30.6 Å². The molecule has 0 amide bonds. The first kappa shape index (κ1) is 10.8. The second-order valence-electron chi connectivity index (χ2n) is 3.56. The predicted octanol–water partition coefficient (Wildman–Crippen LogP) is 2.32. The van der Waals surface area contributed by atoms with Crippen LogP contribution in [0.3, 0.4) is 0 Å². The SMILES string of the molecule is Nc1nc(-c2cn[nH]c2)c(-c2cccc(F)n2)s1. The molecule has 18 heavy (non-hydrogen) atoms. The summed E-state index contributed by atoms with van der Waals surface area (Å²) in [6, 6.07) is 4.62. The number of nitrogens with zero attached hydrogens (tertiary/aromatic N) is 3. The lowest BCUT2D eigenvalue weighted by atomic mass is 10.2. The number of aromatic nitrogens is 4. The monoisotopic (exact) mass is 261 g/mol. The van der Waals surface area contributed by atoms with Crippen molar-refractivity contribution in [2.75, 3.05) is 5.73 Å². The van der Waals surface area contributed by atoms with E-state index in [1.165, 1.54) is 17.4 Å². The third kappa shape index (κ3) is 1.84. The van der Waals surface area contributed by atoms with Crippen molar-refractivity contribution in [2.24, 2.45) is 0 Å². The standard InChI is InChI=1S/C11H8FN5S/c12-8-3-1-2-7(16-8)10-9(17-11(13)18-10)6-4-14-15-5-6/h1-5H,(H2,13,17)(H,14,15). The summed E-state index contributed by atoms with van der Waals surface area (Å²) in [5.74, 6) is -0.530. The van der Waals surface area contributed by atoms with Gasteiger partial charge in [0.2, 0.25) is 5.95 Å². The van der Waals surface area contributed by atoms with Crippen molar-refractivity contribution in [1.29, 1.82) is 0 Å². The van der Waals surface area contributed by atoms with Gasteiger partial charge < -0.3 is 5.73 Å². The molecule has 0 unspecified atom stereocenters. The highest BCUT2D eigenvalue weighted by molar-refractivity contribution is 7.19. The normalized spacial score (nSPS) is 10.7. The van der Waals surface area contributed by atoms with Gasteiger partial charge in [0.15, 0.2) is 5.13 Å². The van der Waals surface area contributed by atoms with E-state index in [1.54, 1.807) is 24.5 Å². The van der Waals surface area contributed by atoms with Gasteiger partial charge in [-0.25, -0.2) is 9.97 Å². The Bertz CT molecular complexity index is 677. The molecule has 0 saturated heterocycles. The maximum atomic E-state index is 13.2. The van der Waals surface area contributed by atoms with E-state index in [0.29, 0.717) is 16.5 Å². The smallest absolute Gasteiger partial charge is 0.213 e. The van der Waals surface area contributed by atoms with Crippen LogP contribution in [0.2, 0.25) is 0 Å². The number of thiazole rings is 1. The van der Waals surface area contributed by atoms with Crippen LogP contribution in [0.4, 0.5) is 9.52 Å². The summed E-state index contributed by atoms with van der Waals surface area (Å²) in [6.45, 7) is 0. The van der Waals surface area contributed by atoms with E-state index in [-0.39, 0.29) is 0 Å². The molecular weight excluding hydrogens is 253 g/mol. The molecule has 0 aromatic carbocycles. The minimum atomic E-state index is -0.530. The second kappa shape index (κ2) is 4.19. The first-order valence-electron chi connectivity index (χ1n) is 5.12. The van der Waals surface area contributed by atoms with Gasteiger partial charge in [0, 0.05) is 11.8 Å². The number of H-pyrrole nitrogens is 1. The fourth-order valence-electron chi connectivity index (χ4n) is 1.62. The molecule has 3 rings (SSSR count). The Balaban J connectivity index is 2.18. The van der Waals surface area contributed by atoms with Gasteiger partial charge >= 0.3 is 0 Å². The molecule has 0 fully saturated rings. The average Bonchev–Trinajstić information content (AvgIpc) is 2.97. The van der Waals surface area contributed by atoms with Crippen molar-refractivity contribution in [3.8, 4) is 21.8 Å². The van der Waals surface area contributed by atoms with Crippen LogP contribution in [0.1, 0.15) is 0 Å². The second-order valence-corrected chi connectivity index (χ2v) is 4.59. The van der Waals surface area contributed by atoms with Gasteiger partial charge in [0.25, 0.3) is 0 Å². The van der Waals surface area contributed by atoms with Crippen molar-refractivity contribution in [3.63, 3.8) is 0 Å². The maximum Gasteiger partial charge on any atom is 0.213 e. The van der Waals surface area contributed by atoms with Gasteiger partial charge in [-0.05, 0) is 12.1 Å². The fraction of sp³-hybridized carbons (Fsp3) is 0. The lowest BCUT2D eigenvalue weighted by Crippen LogP contribution is -1.87. The van der Waals surface area contributed by atoms with Crippen molar-refractivity contribution >= 4 is 16.5 Å². The first-order chi connectivity index (χ1) is 8.74. The van der Waals surface area contributed by atoms with Gasteiger partial charge in [0.05, 0.1) is 22.5 Å². The van der Waals surface area contributed by atoms with Crippen molar-refractivity contribution < 1.29 is 4.39 Å². The van der Waals surface area contributed by atoms with E-state index >= 15 is 0 Å². The highest BCUT2D eigenvalue weighted by Gasteiger charge is 2.15. The van der Waals surface area contributed by atoms with E-state index in [4.69, 9.17) is 5.73 Å². The first-order valence-corrected chi connectivity index (χ1v) is 5.94. The minimum Gasteiger partial charge on any atom is -0.375 e. The number of hydrogen-bond acceptors (Lipinski definition) is 5. The van der Waals surface area contributed by atoms with E-state index < -0.39 is 5.95 Å². The predicted molar refractivity (Wildman–Crippen MR) is 67.3 cm³/mol. The summed E-state index contributed by atoms with van der Waals surface area (Å²) >= 11 is 1.27. The van der Waals surface area contributed by atoms with Crippen LogP contribution in [0.25, 0.3) is 21.8 Å². The number of nitrogen functional groups attached to an aromatic ring is 1. The molecule has 3 aromatic heterocycles. The molecule has 0 aliphatic carbocycles. The largest absolute Gasteiger partial charge is 0.375 e. The molecule has 3 heterocycles. The minimum absolute atomic E-state index is 0.410. The summed E-state index contributed by atoms with van der Waals surface area (Å²) in [5, 5.41) is 6.98. The molecule has 90 valence electrons. The van der Waals surface area contributed by atoms with E-state index in [1.807, 2.05) is 0 Å². The topological polar surface area (TPSA) is 80.5 Å². The van der Waals surface area contributed by atoms with Gasteiger partial charge in [0.1, 0.15) is 0 Å². The summed E-state index contributed by atoms with van der Waals surface area (Å²) < 4.78 is 13.2. The lowest BCUT2D eigenvalue weighted by Gasteiger charge is -1.99. The Hall–Kier alpha value is -2.28. The molecule has 0 spiro atoms. The average molecular weight is 261 g/mol. The molecule has 0 aliphatic rings. The molecule has 3 aromatic rings. The van der Waals surface area contributed by atoms with E-state index in [9.17, 15) is 4.39 Å². The van der Waals surface area contributed by atoms with Crippen molar-refractivity contribution in [2.45, 2.75) is 0 Å². The summed E-state index contributed by atoms with van der Waals surface area (Å²) in [5.41, 5.74) is 7.68. The van der Waals surface area contributed by atoms with Crippen molar-refractivity contribution in [3.05, 3.63) is 36.5 Å². The molecule has 0 radical (unpaired) electrons. The summed E-state index contributed by atoms with van der Waals surface area (Å²) in [7, 11) is 0. The molecule has 3 N–H and O–H groups in total. The van der Waals surface area contributed by atoms with Crippen LogP contribution in [-0.4, -0.2) is 20.2 Å². The summed E-state index contributed by atoms with van der Waals surface area (Å²) in [4.78, 5) is 8.81.